The molecule has 0 bridgehead atoms. The molecule has 0 aliphatic carbocycles. The van der Waals surface area contributed by atoms with Gasteiger partial charge in [-0.25, -0.2) is 0 Å². The van der Waals surface area contributed by atoms with Crippen molar-refractivity contribution in [1.29, 1.82) is 0 Å². The highest BCUT2D eigenvalue weighted by atomic mass is 16.3. The first kappa shape index (κ1) is 17.3. The van der Waals surface area contributed by atoms with Crippen molar-refractivity contribution in [2.75, 3.05) is 12.3 Å². The van der Waals surface area contributed by atoms with E-state index < -0.39 is 0 Å². The molecular weight excluding hydrogens is 348 g/mol. The molecule has 0 saturated carbocycles. The number of benzene rings is 3. The van der Waals surface area contributed by atoms with E-state index in [1.807, 2.05) is 24.3 Å². The highest BCUT2D eigenvalue weighted by molar-refractivity contribution is 5.59. The van der Waals surface area contributed by atoms with E-state index in [-0.39, 0.29) is 24.4 Å². The lowest BCUT2D eigenvalue weighted by Gasteiger charge is -2.47. The molecule has 142 valence electrons. The summed E-state index contributed by atoms with van der Waals surface area (Å²) >= 11 is 0. The first-order valence-corrected chi connectivity index (χ1v) is 9.80. The summed E-state index contributed by atoms with van der Waals surface area (Å²) in [5.74, 6) is 0.158. The number of anilines is 1. The highest BCUT2D eigenvalue weighted by Gasteiger charge is 2.39. The number of hydrogen-bond donors (Lipinski definition) is 3. The van der Waals surface area contributed by atoms with E-state index in [0.717, 1.165) is 30.5 Å². The van der Waals surface area contributed by atoms with Crippen molar-refractivity contribution in [2.24, 2.45) is 0 Å². The average Bonchev–Trinajstić information content (AvgIpc) is 2.73. The van der Waals surface area contributed by atoms with Gasteiger partial charge in [0.15, 0.2) is 0 Å². The van der Waals surface area contributed by atoms with Crippen molar-refractivity contribution in [3.63, 3.8) is 0 Å². The molecule has 2 aliphatic rings. The fourth-order valence-electron chi connectivity index (χ4n) is 4.91. The Bertz CT molecular complexity index is 1030. The molecule has 2 atom stereocenters. The van der Waals surface area contributed by atoms with E-state index in [4.69, 9.17) is 5.73 Å². The van der Waals surface area contributed by atoms with Gasteiger partial charge in [0.25, 0.3) is 0 Å². The molecule has 0 radical (unpaired) electrons. The third-order valence-electron chi connectivity index (χ3n) is 6.23. The summed E-state index contributed by atoms with van der Waals surface area (Å²) in [5, 5.41) is 19.7. The van der Waals surface area contributed by atoms with Crippen LogP contribution in [0.1, 0.15) is 45.5 Å². The Morgan fingerprint density at radius 2 is 1.79 bits per heavy atom. The second kappa shape index (κ2) is 6.66. The summed E-state index contributed by atoms with van der Waals surface area (Å²) in [5.41, 5.74) is 13.7. The molecular formula is C24H24N2O2. The molecule has 4 heteroatoms. The molecule has 28 heavy (non-hydrogen) atoms. The van der Waals surface area contributed by atoms with Gasteiger partial charge in [0, 0.05) is 12.6 Å². The van der Waals surface area contributed by atoms with Crippen molar-refractivity contribution in [3.8, 4) is 5.75 Å². The standard InChI is InChI=1S/C24H24N2O2/c25-21-13-20-18(12-23(21)28)11-22-19-7-6-15(14-27)10-17(19)8-9-26(22)24(20)16-4-2-1-3-5-16/h1-7,10,12-13,22,24,27-28H,8-9,11,14,25H2/t22-,24?/m0/s1. The van der Waals surface area contributed by atoms with Crippen molar-refractivity contribution >= 4 is 5.69 Å². The maximum Gasteiger partial charge on any atom is 0.138 e. The van der Waals surface area contributed by atoms with Crippen LogP contribution in [0.25, 0.3) is 0 Å². The van der Waals surface area contributed by atoms with Crippen molar-refractivity contribution < 1.29 is 10.2 Å². The zero-order chi connectivity index (χ0) is 19.3. The van der Waals surface area contributed by atoms with Gasteiger partial charge in [0.1, 0.15) is 5.75 Å². The van der Waals surface area contributed by atoms with Crippen LogP contribution in [-0.2, 0) is 19.4 Å². The van der Waals surface area contributed by atoms with E-state index >= 15 is 0 Å². The van der Waals surface area contributed by atoms with Crippen LogP contribution in [0.5, 0.6) is 5.75 Å². The van der Waals surface area contributed by atoms with Gasteiger partial charge < -0.3 is 15.9 Å². The summed E-state index contributed by atoms with van der Waals surface area (Å²) in [4.78, 5) is 2.56. The molecule has 0 saturated heterocycles. The number of fused-ring (bicyclic) bond motifs is 4. The Morgan fingerprint density at radius 3 is 2.57 bits per heavy atom. The monoisotopic (exact) mass is 372 g/mol. The number of nitrogens with two attached hydrogens (primary N) is 1. The highest BCUT2D eigenvalue weighted by Crippen LogP contribution is 2.48. The predicted molar refractivity (Wildman–Crippen MR) is 110 cm³/mol. The first-order chi connectivity index (χ1) is 13.7. The number of aromatic hydroxyl groups is 1. The lowest BCUT2D eigenvalue weighted by atomic mass is 9.78. The van der Waals surface area contributed by atoms with Crippen LogP contribution in [0.3, 0.4) is 0 Å². The molecule has 2 aliphatic heterocycles. The molecule has 2 heterocycles. The summed E-state index contributed by atoms with van der Waals surface area (Å²) < 4.78 is 0. The van der Waals surface area contributed by atoms with Crippen LogP contribution in [-0.4, -0.2) is 21.7 Å². The molecule has 0 amide bonds. The van der Waals surface area contributed by atoms with E-state index in [2.05, 4.69) is 41.3 Å². The van der Waals surface area contributed by atoms with E-state index in [9.17, 15) is 10.2 Å². The molecule has 3 aromatic rings. The van der Waals surface area contributed by atoms with Crippen molar-refractivity contribution in [1.82, 2.24) is 4.90 Å². The van der Waals surface area contributed by atoms with Crippen molar-refractivity contribution in [2.45, 2.75) is 31.5 Å². The molecule has 0 fully saturated rings. The number of hydrogen-bond acceptors (Lipinski definition) is 4. The second-order valence-corrected chi connectivity index (χ2v) is 7.82. The van der Waals surface area contributed by atoms with E-state index in [1.54, 1.807) is 0 Å². The van der Waals surface area contributed by atoms with E-state index in [1.165, 1.54) is 22.3 Å². The van der Waals surface area contributed by atoms with Gasteiger partial charge in [-0.15, -0.1) is 0 Å². The number of rotatable bonds is 2. The van der Waals surface area contributed by atoms with Crippen LogP contribution >= 0.6 is 0 Å². The molecule has 0 spiro atoms. The summed E-state index contributed by atoms with van der Waals surface area (Å²) in [7, 11) is 0. The van der Waals surface area contributed by atoms with Crippen LogP contribution in [0.4, 0.5) is 5.69 Å². The largest absolute Gasteiger partial charge is 0.506 e. The molecule has 1 unspecified atom stereocenters. The van der Waals surface area contributed by atoms with Gasteiger partial charge in [-0.05, 0) is 58.4 Å². The van der Waals surface area contributed by atoms with Crippen LogP contribution in [0, 0.1) is 0 Å². The summed E-state index contributed by atoms with van der Waals surface area (Å²) in [6.07, 6.45) is 1.81. The normalized spacial score (nSPS) is 20.9. The minimum Gasteiger partial charge on any atom is -0.506 e. The average molecular weight is 372 g/mol. The van der Waals surface area contributed by atoms with Crippen LogP contribution < -0.4 is 5.73 Å². The Balaban J connectivity index is 1.68. The number of phenolic OH excluding ortho intramolecular Hbond substituents is 1. The number of phenols is 1. The zero-order valence-electron chi connectivity index (χ0n) is 15.7. The van der Waals surface area contributed by atoms with Crippen LogP contribution in [0.2, 0.25) is 0 Å². The quantitative estimate of drug-likeness (QED) is 0.474. The van der Waals surface area contributed by atoms with Gasteiger partial charge in [-0.1, -0.05) is 48.5 Å². The fraction of sp³-hybridized carbons (Fsp3) is 0.250. The minimum absolute atomic E-state index is 0.0737. The predicted octanol–water partition coefficient (Wildman–Crippen LogP) is 3.71. The maximum absolute atomic E-state index is 10.2. The second-order valence-electron chi connectivity index (χ2n) is 7.82. The third-order valence-corrected chi connectivity index (χ3v) is 6.23. The smallest absolute Gasteiger partial charge is 0.138 e. The van der Waals surface area contributed by atoms with Gasteiger partial charge in [0.05, 0.1) is 18.3 Å². The lowest BCUT2D eigenvalue weighted by Crippen LogP contribution is -2.43. The molecule has 0 aromatic heterocycles. The molecule has 4 nitrogen and oxygen atoms in total. The fourth-order valence-corrected chi connectivity index (χ4v) is 4.91. The molecule has 5 rings (SSSR count). The van der Waals surface area contributed by atoms with Gasteiger partial charge in [-0.2, -0.15) is 0 Å². The third kappa shape index (κ3) is 2.68. The number of aliphatic hydroxyl groups is 1. The van der Waals surface area contributed by atoms with E-state index in [0.29, 0.717) is 5.69 Å². The van der Waals surface area contributed by atoms with Gasteiger partial charge in [-0.3, -0.25) is 4.90 Å². The molecule has 3 aromatic carbocycles. The van der Waals surface area contributed by atoms with Crippen LogP contribution in [0.15, 0.2) is 60.7 Å². The van der Waals surface area contributed by atoms with Gasteiger partial charge >= 0.3 is 0 Å². The molecule has 4 N–H and O–H groups in total. The van der Waals surface area contributed by atoms with Crippen molar-refractivity contribution in [3.05, 3.63) is 94.0 Å². The SMILES string of the molecule is Nc1cc2c(cc1O)C[C@H]1c3ccc(CO)cc3CCN1C2c1ccccc1. The van der Waals surface area contributed by atoms with Gasteiger partial charge in [0.2, 0.25) is 0 Å². The number of aliphatic hydroxyl groups excluding tert-OH is 1. The Labute approximate surface area is 164 Å². The summed E-state index contributed by atoms with van der Waals surface area (Å²) in [6.45, 7) is 1.02. The Kier molecular flexibility index (Phi) is 4.11. The summed E-state index contributed by atoms with van der Waals surface area (Å²) in [6, 6.07) is 21.0. The zero-order valence-corrected chi connectivity index (χ0v) is 15.7. The minimum atomic E-state index is 0.0737. The lowest BCUT2D eigenvalue weighted by molar-refractivity contribution is 0.129. The Hall–Kier alpha value is -2.82. The number of nitrogen functional groups attached to an aromatic ring is 1. The Morgan fingerprint density at radius 1 is 0.964 bits per heavy atom. The maximum atomic E-state index is 10.2. The number of nitrogens with zero attached hydrogens (tertiary/aromatic N) is 1. The topological polar surface area (TPSA) is 69.7 Å². The first-order valence-electron chi connectivity index (χ1n) is 9.80.